The largest absolute Gasteiger partial charge is 0.442 e. The summed E-state index contributed by atoms with van der Waals surface area (Å²) in [6.07, 6.45) is 0.205. The van der Waals surface area contributed by atoms with Gasteiger partial charge in [-0.15, -0.1) is 0 Å². The summed E-state index contributed by atoms with van der Waals surface area (Å²) in [5.41, 5.74) is -0.347. The number of hydrogen-bond donors (Lipinski definition) is 1. The molecule has 164 valence electrons. The second kappa shape index (κ2) is 8.70. The summed E-state index contributed by atoms with van der Waals surface area (Å²) in [5, 5.41) is 1.29. The van der Waals surface area contributed by atoms with E-state index in [-0.39, 0.29) is 21.0 Å². The molecule has 1 unspecified atom stereocenters. The number of amides is 1. The molecule has 11 heteroatoms. The highest BCUT2D eigenvalue weighted by Crippen LogP contribution is 2.29. The lowest BCUT2D eigenvalue weighted by Gasteiger charge is -2.29. The number of benzene rings is 2. The molecule has 0 fully saturated rings. The third kappa shape index (κ3) is 4.98. The molecule has 0 saturated heterocycles. The van der Waals surface area contributed by atoms with E-state index in [1.807, 2.05) is 13.0 Å². The van der Waals surface area contributed by atoms with Gasteiger partial charge in [-0.1, -0.05) is 11.6 Å². The Labute approximate surface area is 194 Å². The van der Waals surface area contributed by atoms with Crippen molar-refractivity contribution in [3.05, 3.63) is 62.1 Å². The monoisotopic (exact) mass is 527 g/mol. The highest BCUT2D eigenvalue weighted by molar-refractivity contribution is 9.10. The summed E-state index contributed by atoms with van der Waals surface area (Å²) in [6.45, 7) is 6.80. The van der Waals surface area contributed by atoms with Gasteiger partial charge < -0.3 is 9.29 Å². The first-order valence-electron chi connectivity index (χ1n) is 9.00. The lowest BCUT2D eigenvalue weighted by atomic mass is 10.2. The van der Waals surface area contributed by atoms with Crippen LogP contribution in [0.25, 0.3) is 10.9 Å². The molecular weight excluding hydrogens is 510 g/mol. The van der Waals surface area contributed by atoms with E-state index in [0.29, 0.717) is 9.99 Å². The van der Waals surface area contributed by atoms with E-state index in [4.69, 9.17) is 16.3 Å². The summed E-state index contributed by atoms with van der Waals surface area (Å²) in [5.74, 6) is 0. The van der Waals surface area contributed by atoms with Gasteiger partial charge in [-0.3, -0.25) is 4.79 Å². The summed E-state index contributed by atoms with van der Waals surface area (Å²) >= 11 is 7.01. The molecule has 3 rings (SSSR count). The van der Waals surface area contributed by atoms with Crippen molar-refractivity contribution in [1.82, 2.24) is 9.66 Å². The van der Waals surface area contributed by atoms with Crippen molar-refractivity contribution in [2.24, 2.45) is 0 Å². The van der Waals surface area contributed by atoms with Gasteiger partial charge >= 0.3 is 6.09 Å². The molecule has 0 aliphatic heterocycles. The molecule has 0 radical (unpaired) electrons. The number of carbonyl (C=O) groups is 1. The van der Waals surface area contributed by atoms with E-state index in [0.717, 1.165) is 21.6 Å². The average molecular weight is 529 g/mol. The molecular formula is C20H19BrClN3O5S. The Morgan fingerprint density at radius 3 is 2.58 bits per heavy atom. The van der Waals surface area contributed by atoms with Gasteiger partial charge in [0.2, 0.25) is 0 Å². The van der Waals surface area contributed by atoms with E-state index < -0.39 is 28.3 Å². The molecule has 2 aromatic carbocycles. The minimum atomic E-state index is -2.48. The number of aromatic nitrogens is 2. The first-order valence-corrected chi connectivity index (χ1v) is 11.3. The first-order chi connectivity index (χ1) is 14.4. The van der Waals surface area contributed by atoms with E-state index in [9.17, 15) is 18.4 Å². The zero-order valence-electron chi connectivity index (χ0n) is 17.1. The second-order valence-corrected chi connectivity index (χ2v) is 9.92. The quantitative estimate of drug-likeness (QED) is 0.485. The number of carbonyl (C=O) groups excluding carboxylic acids is 1. The van der Waals surface area contributed by atoms with Gasteiger partial charge in [0.1, 0.15) is 11.9 Å². The molecule has 0 aliphatic rings. The lowest BCUT2D eigenvalue weighted by molar-refractivity contribution is 0.0561. The molecule has 1 amide bonds. The topological polar surface area (TPSA) is 102 Å². The third-order valence-corrected chi connectivity index (χ3v) is 5.62. The van der Waals surface area contributed by atoms with Crippen LogP contribution in [0.15, 0.2) is 50.8 Å². The van der Waals surface area contributed by atoms with Crippen molar-refractivity contribution in [2.45, 2.75) is 38.2 Å². The van der Waals surface area contributed by atoms with Crippen molar-refractivity contribution in [3.63, 3.8) is 0 Å². The maximum Gasteiger partial charge on any atom is 0.434 e. The standard InChI is InChI=1S/C20H19BrClN3O5S/c1-11-7-13-17(14(21)8-11)23-10-24(18(13)26)25(19(27)30-20(2,3)4)15-9-12(22)5-6-16(15)31(28)29/h5-10H,1-4H3,(H,28,29). The van der Waals surface area contributed by atoms with Crippen LogP contribution in [0.1, 0.15) is 26.3 Å². The molecule has 0 spiro atoms. The van der Waals surface area contributed by atoms with Crippen LogP contribution in [0.5, 0.6) is 0 Å². The van der Waals surface area contributed by atoms with Crippen molar-refractivity contribution in [1.29, 1.82) is 0 Å². The lowest BCUT2D eigenvalue weighted by Crippen LogP contribution is -2.46. The van der Waals surface area contributed by atoms with Gasteiger partial charge in [-0.25, -0.2) is 14.0 Å². The fourth-order valence-electron chi connectivity index (χ4n) is 2.87. The van der Waals surface area contributed by atoms with Crippen LogP contribution in [0.3, 0.4) is 0 Å². The highest BCUT2D eigenvalue weighted by Gasteiger charge is 2.30. The molecule has 1 N–H and O–H groups in total. The van der Waals surface area contributed by atoms with Crippen LogP contribution in [0, 0.1) is 6.92 Å². The summed E-state index contributed by atoms with van der Waals surface area (Å²) in [7, 11) is 0. The number of rotatable bonds is 3. The fraction of sp³-hybridized carbons (Fsp3) is 0.250. The van der Waals surface area contributed by atoms with Gasteiger partial charge in [-0.2, -0.15) is 9.69 Å². The SMILES string of the molecule is Cc1cc(Br)c2ncn(N(C(=O)OC(C)(C)C)c3cc(Cl)ccc3S(=O)O)c(=O)c2c1. The van der Waals surface area contributed by atoms with E-state index in [1.54, 1.807) is 26.8 Å². The van der Waals surface area contributed by atoms with Crippen molar-refractivity contribution < 1.29 is 18.3 Å². The van der Waals surface area contributed by atoms with Crippen LogP contribution in [0.2, 0.25) is 5.02 Å². The summed E-state index contributed by atoms with van der Waals surface area (Å²) in [6, 6.07) is 7.46. The highest BCUT2D eigenvalue weighted by atomic mass is 79.9. The van der Waals surface area contributed by atoms with Crippen molar-refractivity contribution >= 4 is 61.3 Å². The fourth-order valence-corrected chi connectivity index (χ4v) is 4.22. The van der Waals surface area contributed by atoms with Gasteiger partial charge in [0.25, 0.3) is 5.56 Å². The predicted octanol–water partition coefficient (Wildman–Crippen LogP) is 4.91. The van der Waals surface area contributed by atoms with E-state index >= 15 is 0 Å². The van der Waals surface area contributed by atoms with Crippen molar-refractivity contribution in [3.8, 4) is 0 Å². The molecule has 1 aromatic heterocycles. The Bertz CT molecular complexity index is 1270. The molecule has 0 aliphatic carbocycles. The second-order valence-electron chi connectivity index (χ2n) is 7.69. The minimum absolute atomic E-state index is 0.0856. The van der Waals surface area contributed by atoms with Crippen LogP contribution in [0.4, 0.5) is 10.5 Å². The minimum Gasteiger partial charge on any atom is -0.442 e. The zero-order chi connectivity index (χ0) is 23.1. The Morgan fingerprint density at radius 1 is 1.29 bits per heavy atom. The average Bonchev–Trinajstić information content (AvgIpc) is 2.62. The number of hydrogen-bond acceptors (Lipinski definition) is 5. The van der Waals surface area contributed by atoms with Gasteiger partial charge in [0.05, 0.1) is 21.5 Å². The molecule has 1 atom stereocenters. The number of nitrogens with zero attached hydrogens (tertiary/aromatic N) is 3. The van der Waals surface area contributed by atoms with E-state index in [1.165, 1.54) is 18.2 Å². The van der Waals surface area contributed by atoms with Gasteiger partial charge in [0, 0.05) is 9.50 Å². The molecule has 3 aromatic rings. The summed E-state index contributed by atoms with van der Waals surface area (Å²) in [4.78, 5) is 30.7. The number of aryl methyl sites for hydroxylation is 1. The van der Waals surface area contributed by atoms with Gasteiger partial charge in [0.15, 0.2) is 11.1 Å². The number of ether oxygens (including phenoxy) is 1. The van der Waals surface area contributed by atoms with Crippen LogP contribution >= 0.6 is 27.5 Å². The third-order valence-electron chi connectivity index (χ3n) is 4.06. The number of anilines is 1. The normalized spacial score (nSPS) is 12.6. The van der Waals surface area contributed by atoms with Crippen molar-refractivity contribution in [2.75, 3.05) is 5.01 Å². The predicted molar refractivity (Wildman–Crippen MR) is 123 cm³/mol. The maximum atomic E-state index is 13.4. The van der Waals surface area contributed by atoms with Crippen LogP contribution in [-0.2, 0) is 15.8 Å². The molecule has 31 heavy (non-hydrogen) atoms. The van der Waals surface area contributed by atoms with Gasteiger partial charge in [-0.05, 0) is 79.5 Å². The Balaban J connectivity index is 2.35. The smallest absolute Gasteiger partial charge is 0.434 e. The molecule has 8 nitrogen and oxygen atoms in total. The summed E-state index contributed by atoms with van der Waals surface area (Å²) < 4.78 is 28.7. The Kier molecular flexibility index (Phi) is 6.56. The zero-order valence-corrected chi connectivity index (χ0v) is 20.2. The maximum absolute atomic E-state index is 13.4. The van der Waals surface area contributed by atoms with Crippen LogP contribution < -0.4 is 10.6 Å². The van der Waals surface area contributed by atoms with E-state index in [2.05, 4.69) is 20.9 Å². The molecule has 0 bridgehead atoms. The first kappa shape index (κ1) is 23.4. The Morgan fingerprint density at radius 2 is 1.97 bits per heavy atom. The number of fused-ring (bicyclic) bond motifs is 1. The molecule has 1 heterocycles. The Hall–Kier alpha value is -2.27. The number of halogens is 2. The van der Waals surface area contributed by atoms with Crippen LogP contribution in [-0.4, -0.2) is 30.1 Å². The molecule has 0 saturated carbocycles.